The molecule has 5 nitrogen and oxygen atoms in total. The topological polar surface area (TPSA) is 81.6 Å². The van der Waals surface area contributed by atoms with Gasteiger partial charge in [0.2, 0.25) is 5.91 Å². The largest absolute Gasteiger partial charge is 0.394 e. The fraction of sp³-hybridized carbons (Fsp3) is 0.917. The molecule has 1 amide bonds. The maximum atomic E-state index is 12.2. The quantitative estimate of drug-likeness (QED) is 0.518. The van der Waals surface area contributed by atoms with Crippen LogP contribution < -0.4 is 10.6 Å². The SMILES string of the molecule is CCC(CO)(CO)NC(=O)C1CC2CCC1N2. The number of carbonyl (C=O) groups is 1. The van der Waals surface area contributed by atoms with Crippen molar-refractivity contribution in [2.75, 3.05) is 13.2 Å². The number of nitrogens with one attached hydrogen (secondary N) is 2. The van der Waals surface area contributed by atoms with Crippen molar-refractivity contribution in [2.45, 2.75) is 50.2 Å². The fourth-order valence-electron chi connectivity index (χ4n) is 2.91. The van der Waals surface area contributed by atoms with Crippen LogP contribution in [0.25, 0.3) is 0 Å². The highest BCUT2D eigenvalue weighted by Gasteiger charge is 2.44. The lowest BCUT2D eigenvalue weighted by Gasteiger charge is -2.32. The first kappa shape index (κ1) is 12.8. The number of fused-ring (bicyclic) bond motifs is 2. The zero-order chi connectivity index (χ0) is 12.5. The monoisotopic (exact) mass is 242 g/mol. The van der Waals surface area contributed by atoms with Gasteiger partial charge in [-0.1, -0.05) is 6.92 Å². The summed E-state index contributed by atoms with van der Waals surface area (Å²) in [6, 6.07) is 0.766. The third-order valence-corrected chi connectivity index (χ3v) is 4.31. The molecule has 2 fully saturated rings. The number of hydrogen-bond donors (Lipinski definition) is 4. The number of aliphatic hydroxyl groups is 2. The lowest BCUT2D eigenvalue weighted by Crippen LogP contribution is -2.56. The first-order chi connectivity index (χ1) is 8.14. The zero-order valence-corrected chi connectivity index (χ0v) is 10.3. The molecular formula is C12H22N2O3. The van der Waals surface area contributed by atoms with Crippen LogP contribution in [0.2, 0.25) is 0 Å². The van der Waals surface area contributed by atoms with Crippen molar-refractivity contribution in [3.05, 3.63) is 0 Å². The molecule has 0 spiro atoms. The molecule has 2 heterocycles. The minimum atomic E-state index is -0.862. The van der Waals surface area contributed by atoms with Crippen molar-refractivity contribution in [1.82, 2.24) is 10.6 Å². The number of amides is 1. The first-order valence-electron chi connectivity index (χ1n) is 6.44. The van der Waals surface area contributed by atoms with Gasteiger partial charge in [0.05, 0.1) is 24.7 Å². The minimum Gasteiger partial charge on any atom is -0.394 e. The molecule has 17 heavy (non-hydrogen) atoms. The van der Waals surface area contributed by atoms with Crippen LogP contribution in [0.15, 0.2) is 0 Å². The number of carbonyl (C=O) groups excluding carboxylic acids is 1. The average molecular weight is 242 g/mol. The normalized spacial score (nSPS) is 31.8. The van der Waals surface area contributed by atoms with Gasteiger partial charge in [-0.2, -0.15) is 0 Å². The summed E-state index contributed by atoms with van der Waals surface area (Å²) >= 11 is 0. The van der Waals surface area contributed by atoms with E-state index in [1.54, 1.807) is 0 Å². The molecule has 0 radical (unpaired) electrons. The average Bonchev–Trinajstić information content (AvgIpc) is 2.98. The Hall–Kier alpha value is -0.650. The molecule has 0 aromatic rings. The molecule has 2 aliphatic heterocycles. The van der Waals surface area contributed by atoms with Crippen LogP contribution in [0.1, 0.15) is 32.6 Å². The first-order valence-corrected chi connectivity index (χ1v) is 6.44. The molecule has 2 rings (SSSR count). The number of hydrogen-bond acceptors (Lipinski definition) is 4. The Balaban J connectivity index is 1.96. The molecule has 3 atom stereocenters. The Morgan fingerprint density at radius 2 is 2.12 bits per heavy atom. The van der Waals surface area contributed by atoms with Crippen molar-refractivity contribution >= 4 is 5.91 Å². The van der Waals surface area contributed by atoms with E-state index in [0.29, 0.717) is 12.5 Å². The van der Waals surface area contributed by atoms with E-state index >= 15 is 0 Å². The summed E-state index contributed by atoms with van der Waals surface area (Å²) in [4.78, 5) is 12.2. The van der Waals surface area contributed by atoms with E-state index in [9.17, 15) is 15.0 Å². The predicted octanol–water partition coefficient (Wildman–Crippen LogP) is -0.623. The van der Waals surface area contributed by atoms with Gasteiger partial charge < -0.3 is 20.8 Å². The molecule has 0 saturated carbocycles. The second kappa shape index (κ2) is 4.92. The van der Waals surface area contributed by atoms with Gasteiger partial charge in [0.25, 0.3) is 0 Å². The Morgan fingerprint density at radius 3 is 2.53 bits per heavy atom. The van der Waals surface area contributed by atoms with Gasteiger partial charge in [0, 0.05) is 12.1 Å². The van der Waals surface area contributed by atoms with Crippen molar-refractivity contribution in [1.29, 1.82) is 0 Å². The zero-order valence-electron chi connectivity index (χ0n) is 10.3. The summed E-state index contributed by atoms with van der Waals surface area (Å²) in [6.07, 6.45) is 3.63. The van der Waals surface area contributed by atoms with Gasteiger partial charge in [-0.3, -0.25) is 4.79 Å². The van der Waals surface area contributed by atoms with Crippen LogP contribution in [0.3, 0.4) is 0 Å². The lowest BCUT2D eigenvalue weighted by atomic mass is 9.87. The second-order valence-corrected chi connectivity index (χ2v) is 5.33. The maximum Gasteiger partial charge on any atom is 0.225 e. The van der Waals surface area contributed by atoms with Crippen molar-refractivity contribution < 1.29 is 15.0 Å². The van der Waals surface area contributed by atoms with Crippen molar-refractivity contribution in [3.8, 4) is 0 Å². The van der Waals surface area contributed by atoms with E-state index in [0.717, 1.165) is 19.3 Å². The summed E-state index contributed by atoms with van der Waals surface area (Å²) in [5, 5.41) is 24.9. The van der Waals surface area contributed by atoms with Crippen molar-refractivity contribution in [2.24, 2.45) is 5.92 Å². The van der Waals surface area contributed by atoms with Crippen LogP contribution in [0.5, 0.6) is 0 Å². The Kier molecular flexibility index (Phi) is 3.70. The standard InChI is InChI=1S/C12H22N2O3/c1-2-12(6-15,7-16)14-11(17)9-5-8-3-4-10(9)13-8/h8-10,13,15-16H,2-7H2,1H3,(H,14,17). The van der Waals surface area contributed by atoms with E-state index in [4.69, 9.17) is 0 Å². The third kappa shape index (κ3) is 2.32. The van der Waals surface area contributed by atoms with E-state index in [-0.39, 0.29) is 31.1 Å². The van der Waals surface area contributed by atoms with Gasteiger partial charge in [-0.25, -0.2) is 0 Å². The van der Waals surface area contributed by atoms with Crippen LogP contribution in [-0.2, 0) is 4.79 Å². The van der Waals surface area contributed by atoms with E-state index in [2.05, 4.69) is 10.6 Å². The number of rotatable bonds is 5. The van der Waals surface area contributed by atoms with Gasteiger partial charge in [-0.05, 0) is 25.7 Å². The lowest BCUT2D eigenvalue weighted by molar-refractivity contribution is -0.129. The van der Waals surface area contributed by atoms with Gasteiger partial charge in [0.15, 0.2) is 0 Å². The summed E-state index contributed by atoms with van der Waals surface area (Å²) in [5.41, 5.74) is -0.862. The Morgan fingerprint density at radius 1 is 1.41 bits per heavy atom. The smallest absolute Gasteiger partial charge is 0.225 e. The highest BCUT2D eigenvalue weighted by Crippen LogP contribution is 2.33. The molecule has 2 bridgehead atoms. The predicted molar refractivity (Wildman–Crippen MR) is 63.4 cm³/mol. The van der Waals surface area contributed by atoms with E-state index in [1.807, 2.05) is 6.92 Å². The summed E-state index contributed by atoms with van der Waals surface area (Å²) in [7, 11) is 0. The molecule has 0 aromatic carbocycles. The van der Waals surface area contributed by atoms with Gasteiger partial charge in [-0.15, -0.1) is 0 Å². The highest BCUT2D eigenvalue weighted by molar-refractivity contribution is 5.81. The molecule has 3 unspecified atom stereocenters. The Labute approximate surface area is 102 Å². The molecule has 5 heteroatoms. The molecule has 2 aliphatic rings. The molecule has 98 valence electrons. The van der Waals surface area contributed by atoms with Crippen molar-refractivity contribution in [3.63, 3.8) is 0 Å². The summed E-state index contributed by atoms with van der Waals surface area (Å²) in [6.45, 7) is 1.41. The molecule has 4 N–H and O–H groups in total. The minimum absolute atomic E-state index is 0.00206. The van der Waals surface area contributed by atoms with Gasteiger partial charge in [0.1, 0.15) is 0 Å². The fourth-order valence-corrected chi connectivity index (χ4v) is 2.91. The van der Waals surface area contributed by atoms with Gasteiger partial charge >= 0.3 is 0 Å². The molecular weight excluding hydrogens is 220 g/mol. The van der Waals surface area contributed by atoms with Crippen LogP contribution in [0.4, 0.5) is 0 Å². The summed E-state index contributed by atoms with van der Waals surface area (Å²) < 4.78 is 0. The molecule has 0 aliphatic carbocycles. The third-order valence-electron chi connectivity index (χ3n) is 4.31. The summed E-state index contributed by atoms with van der Waals surface area (Å²) in [5.74, 6) is -0.0348. The number of aliphatic hydroxyl groups excluding tert-OH is 2. The van der Waals surface area contributed by atoms with Crippen LogP contribution in [0, 0.1) is 5.92 Å². The molecule has 2 saturated heterocycles. The highest BCUT2D eigenvalue weighted by atomic mass is 16.3. The molecule has 0 aromatic heterocycles. The van der Waals surface area contributed by atoms with E-state index < -0.39 is 5.54 Å². The van der Waals surface area contributed by atoms with Crippen LogP contribution in [-0.4, -0.2) is 47.0 Å². The van der Waals surface area contributed by atoms with Crippen LogP contribution >= 0.6 is 0 Å². The Bertz CT molecular complexity index is 283. The van der Waals surface area contributed by atoms with E-state index in [1.165, 1.54) is 0 Å². The maximum absolute atomic E-state index is 12.2. The second-order valence-electron chi connectivity index (χ2n) is 5.33.